The summed E-state index contributed by atoms with van der Waals surface area (Å²) in [6, 6.07) is 0. The molecule has 0 atom stereocenters. The van der Waals surface area contributed by atoms with Crippen molar-refractivity contribution in [3.05, 3.63) is 173 Å². The highest BCUT2D eigenvalue weighted by molar-refractivity contribution is 5.33. The third-order valence-corrected chi connectivity index (χ3v) is 16.3. The summed E-state index contributed by atoms with van der Waals surface area (Å²) >= 11 is 0. The van der Waals surface area contributed by atoms with Gasteiger partial charge in [-0.1, -0.05) is 97.8 Å². The van der Waals surface area contributed by atoms with Crippen LogP contribution in [0.5, 0.6) is 0 Å². The second-order valence-corrected chi connectivity index (χ2v) is 24.6. The molecule has 0 aromatic carbocycles. The zero-order valence-corrected chi connectivity index (χ0v) is 56.9. The average molecular weight is 1220 g/mol. The Morgan fingerprint density at radius 1 is 0.270 bits per heavy atom. The van der Waals surface area contributed by atoms with Crippen molar-refractivity contribution in [2.45, 2.75) is 258 Å². The summed E-state index contributed by atoms with van der Waals surface area (Å²) in [7, 11) is 0. The third-order valence-electron chi connectivity index (χ3n) is 16.3. The normalized spacial score (nSPS) is 11.3. The molecule has 0 unspecified atom stereocenters. The SMILES string of the molecule is CCCCCCCCCc1nc(C)c(C)[nH]1.CCCCCCCCCc1nc(Cc2nc(C)[nH]c2Cc2[nH]c(C)nc2Cc2nc(C)[nH]c2C)c(C)[nH]1.CCc1nc(C)[nH]c1C.Cc1ncc(Cc2[nH]c(C)nc2Cc2nc(C)[nH]c2Cc2cnc(C)[nH]2)[nH]1. The van der Waals surface area contributed by atoms with Crippen LogP contribution >= 0.6 is 0 Å². The maximum atomic E-state index is 4.96. The predicted octanol–water partition coefficient (Wildman–Crippen LogP) is 14.7. The van der Waals surface area contributed by atoms with Crippen molar-refractivity contribution < 1.29 is 0 Å². The Morgan fingerprint density at radius 3 is 0.944 bits per heavy atom. The van der Waals surface area contributed by atoms with Crippen molar-refractivity contribution in [2.24, 2.45) is 0 Å². The molecule has 20 nitrogen and oxygen atoms in total. The van der Waals surface area contributed by atoms with E-state index in [1.54, 1.807) is 0 Å². The molecule has 0 aliphatic heterocycles. The van der Waals surface area contributed by atoms with Gasteiger partial charge < -0.3 is 49.8 Å². The van der Waals surface area contributed by atoms with Gasteiger partial charge in [-0.05, 0) is 109 Å². The van der Waals surface area contributed by atoms with Crippen LogP contribution in [0.4, 0.5) is 0 Å². The van der Waals surface area contributed by atoms with Gasteiger partial charge in [-0.25, -0.2) is 49.8 Å². The van der Waals surface area contributed by atoms with Crippen LogP contribution in [0, 0.1) is 90.0 Å². The Hall–Kier alpha value is -7.90. The first-order valence-corrected chi connectivity index (χ1v) is 33.0. The van der Waals surface area contributed by atoms with Crippen molar-refractivity contribution in [2.75, 3.05) is 0 Å². The van der Waals surface area contributed by atoms with Gasteiger partial charge in [-0.2, -0.15) is 0 Å². The van der Waals surface area contributed by atoms with Crippen molar-refractivity contribution >= 4 is 0 Å². The molecule has 10 rings (SSSR count). The molecule has 20 heteroatoms. The largest absolute Gasteiger partial charge is 0.346 e. The molecule has 10 aromatic rings. The van der Waals surface area contributed by atoms with Crippen molar-refractivity contribution in [1.82, 2.24) is 99.7 Å². The standard InChI is InChI=1S/C29H44N8.C19H24N8.C14H26N2.C7H12N2/c1-7-8-9-10-11-12-13-14-29-31-19(3)24(37-29)16-26-28(36-22(6)34-26)17-27-25(33-21(5)35-27)15-23-18(2)30-20(4)32-23;1-10-20-8-14(22-10)5-16-18(26-12(3)24-16)7-19-17(25-13(4)27-19)6-15-9-21-11(2)23-15;1-4-5-6-7-8-9-10-11-14-15-12(2)13(3)16-14;1-4-7-5(2)8-6(3)9-7/h7-17H2,1-6H3,(H,30,32)(H,31,37)(H,33,35)(H,34,36);8-9H,5-7H2,1-4H3,(H,20,22)(H,21,23)(H,24,26)(H,25,27);4-11H2,1-3H3,(H,15,16);4H2,1-3H3,(H,8,9). The molecule has 0 radical (unpaired) electrons. The van der Waals surface area contributed by atoms with Crippen LogP contribution < -0.4 is 0 Å². The maximum Gasteiger partial charge on any atom is 0.106 e. The van der Waals surface area contributed by atoms with Crippen LogP contribution in [-0.4, -0.2) is 99.7 Å². The van der Waals surface area contributed by atoms with E-state index in [0.717, 1.165) is 183 Å². The molecule has 0 fully saturated rings. The highest BCUT2D eigenvalue weighted by Gasteiger charge is 2.20. The zero-order valence-electron chi connectivity index (χ0n) is 56.9. The van der Waals surface area contributed by atoms with E-state index in [4.69, 9.17) is 24.9 Å². The first-order valence-electron chi connectivity index (χ1n) is 33.0. The first-order chi connectivity index (χ1) is 42.7. The van der Waals surface area contributed by atoms with Gasteiger partial charge in [0.15, 0.2) is 0 Å². The van der Waals surface area contributed by atoms with E-state index in [2.05, 4.69) is 130 Å². The number of H-pyrrole nitrogens is 10. The lowest BCUT2D eigenvalue weighted by Gasteiger charge is -2.04. The van der Waals surface area contributed by atoms with E-state index < -0.39 is 0 Å². The number of aryl methyl sites for hydroxylation is 16. The predicted molar refractivity (Wildman–Crippen MR) is 357 cm³/mol. The Morgan fingerprint density at radius 2 is 0.596 bits per heavy atom. The van der Waals surface area contributed by atoms with Crippen LogP contribution in [0.15, 0.2) is 12.4 Å². The van der Waals surface area contributed by atoms with Crippen LogP contribution in [0.3, 0.4) is 0 Å². The molecule has 89 heavy (non-hydrogen) atoms. The minimum absolute atomic E-state index is 0.680. The fourth-order valence-electron chi connectivity index (χ4n) is 11.6. The minimum atomic E-state index is 0.680. The molecule has 0 amide bonds. The van der Waals surface area contributed by atoms with Gasteiger partial charge in [0.1, 0.15) is 58.2 Å². The number of rotatable bonds is 29. The van der Waals surface area contributed by atoms with Crippen LogP contribution in [0.2, 0.25) is 0 Å². The number of hydrogen-bond acceptors (Lipinski definition) is 10. The molecular formula is C69H106N20. The van der Waals surface area contributed by atoms with Crippen molar-refractivity contribution in [3.8, 4) is 0 Å². The number of aromatic amines is 10. The maximum absolute atomic E-state index is 4.96. The van der Waals surface area contributed by atoms with Gasteiger partial charge in [0.05, 0.1) is 45.6 Å². The molecule has 0 aliphatic rings. The van der Waals surface area contributed by atoms with Crippen LogP contribution in [0.1, 0.15) is 271 Å². The van der Waals surface area contributed by atoms with E-state index in [9.17, 15) is 0 Å². The quantitative estimate of drug-likeness (QED) is 0.0198. The lowest BCUT2D eigenvalue weighted by Crippen LogP contribution is -2.02. The van der Waals surface area contributed by atoms with Gasteiger partial charge >= 0.3 is 0 Å². The van der Waals surface area contributed by atoms with Crippen LogP contribution in [0.25, 0.3) is 0 Å². The fourth-order valence-corrected chi connectivity index (χ4v) is 11.6. The summed E-state index contributed by atoms with van der Waals surface area (Å²) < 4.78 is 0. The third kappa shape index (κ3) is 21.7. The van der Waals surface area contributed by atoms with E-state index in [0.29, 0.717) is 12.8 Å². The first kappa shape index (κ1) is 68.6. The topological polar surface area (TPSA) is 287 Å². The van der Waals surface area contributed by atoms with Crippen LogP contribution in [-0.2, 0) is 57.8 Å². The van der Waals surface area contributed by atoms with Gasteiger partial charge in [0.2, 0.25) is 0 Å². The Bertz CT molecular complexity index is 3570. The monoisotopic (exact) mass is 1210 g/mol. The van der Waals surface area contributed by atoms with Gasteiger partial charge in [0.25, 0.3) is 0 Å². The molecule has 482 valence electrons. The smallest absolute Gasteiger partial charge is 0.106 e. The summed E-state index contributed by atoms with van der Waals surface area (Å²) in [5.74, 6) is 9.74. The van der Waals surface area contributed by atoms with E-state index in [1.807, 2.05) is 67.8 Å². The molecule has 0 saturated heterocycles. The lowest BCUT2D eigenvalue weighted by atomic mass is 10.1. The Balaban J connectivity index is 0.000000188. The van der Waals surface area contributed by atoms with E-state index in [-0.39, 0.29) is 0 Å². The summed E-state index contributed by atoms with van der Waals surface area (Å²) in [6.45, 7) is 32.9. The molecule has 10 aromatic heterocycles. The lowest BCUT2D eigenvalue weighted by molar-refractivity contribution is 0.585. The molecule has 10 heterocycles. The average Bonchev–Trinajstić information content (AvgIpc) is 2.74. The molecule has 0 bridgehead atoms. The van der Waals surface area contributed by atoms with Crippen molar-refractivity contribution in [1.29, 1.82) is 0 Å². The highest BCUT2D eigenvalue weighted by atomic mass is 15.0. The van der Waals surface area contributed by atoms with Gasteiger partial charge in [-0.15, -0.1) is 0 Å². The van der Waals surface area contributed by atoms with Gasteiger partial charge in [0, 0.05) is 121 Å². The van der Waals surface area contributed by atoms with E-state index in [1.165, 1.54) is 113 Å². The molecule has 0 saturated carbocycles. The summed E-state index contributed by atoms with van der Waals surface area (Å²) in [5, 5.41) is 0. The highest BCUT2D eigenvalue weighted by Crippen LogP contribution is 2.23. The second kappa shape index (κ2) is 34.2. The molecule has 10 N–H and O–H groups in total. The Kier molecular flexibility index (Phi) is 26.3. The van der Waals surface area contributed by atoms with Gasteiger partial charge in [-0.3, -0.25) is 0 Å². The summed E-state index contributed by atoms with van der Waals surface area (Å²) in [4.78, 5) is 79.6. The number of imidazole rings is 10. The Labute approximate surface area is 528 Å². The second-order valence-electron chi connectivity index (χ2n) is 24.6. The number of aromatic nitrogens is 20. The zero-order chi connectivity index (χ0) is 64.0. The molecular weight excluding hydrogens is 1110 g/mol. The number of unbranched alkanes of at least 4 members (excludes halogenated alkanes) is 12. The van der Waals surface area contributed by atoms with Crippen molar-refractivity contribution in [3.63, 3.8) is 0 Å². The number of nitrogens with one attached hydrogen (secondary N) is 10. The number of hydrogen-bond donors (Lipinski definition) is 10. The fraction of sp³-hybridized carbons (Fsp3) is 0.565. The van der Waals surface area contributed by atoms with E-state index >= 15 is 0 Å². The summed E-state index contributed by atoms with van der Waals surface area (Å²) in [6.07, 6.45) is 30.0. The molecule has 0 aliphatic carbocycles. The minimum Gasteiger partial charge on any atom is -0.346 e. The summed E-state index contributed by atoms with van der Waals surface area (Å²) in [5.41, 5.74) is 19.9. The number of nitrogens with zero attached hydrogens (tertiary/aromatic N) is 10. The molecule has 0 spiro atoms.